The van der Waals surface area contributed by atoms with E-state index in [-0.39, 0.29) is 24.7 Å². The summed E-state index contributed by atoms with van der Waals surface area (Å²) in [5.74, 6) is -0.754. The summed E-state index contributed by atoms with van der Waals surface area (Å²) in [7, 11) is 0. The van der Waals surface area contributed by atoms with Gasteiger partial charge in [0.25, 0.3) is 5.91 Å². The number of amides is 2. The summed E-state index contributed by atoms with van der Waals surface area (Å²) in [6.45, 7) is 1.59. The lowest BCUT2D eigenvalue weighted by Gasteiger charge is -2.29. The van der Waals surface area contributed by atoms with Crippen LogP contribution in [0.1, 0.15) is 5.56 Å². The molecule has 118 valence electrons. The van der Waals surface area contributed by atoms with Gasteiger partial charge in [-0.25, -0.2) is 4.39 Å². The molecule has 0 spiro atoms. The molecule has 23 heavy (non-hydrogen) atoms. The number of ether oxygens (including phenoxy) is 1. The van der Waals surface area contributed by atoms with Crippen LogP contribution < -0.4 is 15.0 Å². The molecule has 1 aliphatic heterocycles. The Kier molecular flexibility index (Phi) is 3.97. The number of para-hydroxylation sites is 1. The van der Waals surface area contributed by atoms with E-state index in [0.29, 0.717) is 11.4 Å². The van der Waals surface area contributed by atoms with E-state index in [1.165, 1.54) is 23.1 Å². The van der Waals surface area contributed by atoms with E-state index in [9.17, 15) is 14.0 Å². The highest BCUT2D eigenvalue weighted by atomic mass is 19.1. The van der Waals surface area contributed by atoms with Crippen LogP contribution in [0.25, 0.3) is 0 Å². The summed E-state index contributed by atoms with van der Waals surface area (Å²) in [6, 6.07) is 11.3. The molecule has 1 aliphatic rings. The highest BCUT2D eigenvalue weighted by Gasteiger charge is 2.27. The standard InChI is InChI=1S/C17H15FN2O3/c1-11-6-7-14-15(8-11)23-10-17(22)20(14)9-16(21)19-13-5-3-2-4-12(13)18/h2-8H,9-10H2,1H3,(H,19,21). The average molecular weight is 314 g/mol. The molecule has 1 heterocycles. The molecule has 0 radical (unpaired) electrons. The van der Waals surface area contributed by atoms with E-state index in [1.54, 1.807) is 12.1 Å². The molecule has 0 aliphatic carbocycles. The molecule has 0 saturated heterocycles. The number of hydrogen-bond donors (Lipinski definition) is 1. The van der Waals surface area contributed by atoms with Crippen LogP contribution >= 0.6 is 0 Å². The molecule has 1 N–H and O–H groups in total. The van der Waals surface area contributed by atoms with Crippen LogP contribution in [0.5, 0.6) is 5.75 Å². The van der Waals surface area contributed by atoms with E-state index in [0.717, 1.165) is 5.56 Å². The Morgan fingerprint density at radius 1 is 1.30 bits per heavy atom. The zero-order valence-electron chi connectivity index (χ0n) is 12.5. The van der Waals surface area contributed by atoms with Gasteiger partial charge in [-0.15, -0.1) is 0 Å². The number of nitrogens with one attached hydrogen (secondary N) is 1. The van der Waals surface area contributed by atoms with Crippen LogP contribution in [0.4, 0.5) is 15.8 Å². The Hall–Kier alpha value is -2.89. The van der Waals surface area contributed by atoms with Crippen molar-refractivity contribution in [3.8, 4) is 5.75 Å². The first-order valence-corrected chi connectivity index (χ1v) is 7.13. The van der Waals surface area contributed by atoms with Crippen LogP contribution in [0, 0.1) is 12.7 Å². The first-order chi connectivity index (χ1) is 11.0. The van der Waals surface area contributed by atoms with Crippen molar-refractivity contribution in [3.63, 3.8) is 0 Å². The maximum absolute atomic E-state index is 13.6. The minimum atomic E-state index is -0.523. The van der Waals surface area contributed by atoms with Crippen LogP contribution in [0.3, 0.4) is 0 Å². The van der Waals surface area contributed by atoms with Gasteiger partial charge in [0.2, 0.25) is 5.91 Å². The van der Waals surface area contributed by atoms with Gasteiger partial charge >= 0.3 is 0 Å². The second-order valence-electron chi connectivity index (χ2n) is 5.27. The SMILES string of the molecule is Cc1ccc2c(c1)OCC(=O)N2CC(=O)Nc1ccccc1F. The van der Waals surface area contributed by atoms with Crippen molar-refractivity contribution < 1.29 is 18.7 Å². The van der Waals surface area contributed by atoms with Gasteiger partial charge in [0.05, 0.1) is 11.4 Å². The second-order valence-corrected chi connectivity index (χ2v) is 5.27. The monoisotopic (exact) mass is 314 g/mol. The number of carbonyl (C=O) groups is 2. The Balaban J connectivity index is 1.78. The number of fused-ring (bicyclic) bond motifs is 1. The van der Waals surface area contributed by atoms with E-state index in [2.05, 4.69) is 5.32 Å². The van der Waals surface area contributed by atoms with Crippen molar-refractivity contribution in [3.05, 3.63) is 53.8 Å². The molecular formula is C17H15FN2O3. The van der Waals surface area contributed by atoms with E-state index in [4.69, 9.17) is 4.74 Å². The highest BCUT2D eigenvalue weighted by Crippen LogP contribution is 2.32. The Morgan fingerprint density at radius 3 is 2.87 bits per heavy atom. The number of rotatable bonds is 3. The zero-order chi connectivity index (χ0) is 16.4. The maximum atomic E-state index is 13.6. The van der Waals surface area contributed by atoms with Crippen molar-refractivity contribution in [1.82, 2.24) is 0 Å². The van der Waals surface area contributed by atoms with Crippen molar-refractivity contribution in [2.24, 2.45) is 0 Å². The first kappa shape index (κ1) is 15.0. The van der Waals surface area contributed by atoms with Gasteiger partial charge in [0, 0.05) is 0 Å². The van der Waals surface area contributed by atoms with Crippen molar-refractivity contribution >= 4 is 23.2 Å². The normalized spacial score (nSPS) is 13.3. The number of aryl methyl sites for hydroxylation is 1. The number of hydrogen-bond acceptors (Lipinski definition) is 3. The van der Waals surface area contributed by atoms with E-state index in [1.807, 2.05) is 19.1 Å². The molecule has 0 saturated carbocycles. The van der Waals surface area contributed by atoms with Crippen LogP contribution in [-0.2, 0) is 9.59 Å². The molecular weight excluding hydrogens is 299 g/mol. The molecule has 0 atom stereocenters. The molecule has 2 aromatic rings. The van der Waals surface area contributed by atoms with Gasteiger partial charge < -0.3 is 10.1 Å². The van der Waals surface area contributed by atoms with Gasteiger partial charge in [-0.2, -0.15) is 0 Å². The Labute approximate surface area is 132 Å². The number of nitrogens with zero attached hydrogens (tertiary/aromatic N) is 1. The quantitative estimate of drug-likeness (QED) is 0.947. The molecule has 6 heteroatoms. The maximum Gasteiger partial charge on any atom is 0.265 e. The molecule has 2 amide bonds. The minimum Gasteiger partial charge on any atom is -0.482 e. The smallest absolute Gasteiger partial charge is 0.265 e. The molecule has 0 aromatic heterocycles. The fourth-order valence-corrected chi connectivity index (χ4v) is 2.38. The Morgan fingerprint density at radius 2 is 2.09 bits per heavy atom. The zero-order valence-corrected chi connectivity index (χ0v) is 12.5. The molecule has 5 nitrogen and oxygen atoms in total. The van der Waals surface area contributed by atoms with E-state index >= 15 is 0 Å². The highest BCUT2D eigenvalue weighted by molar-refractivity contribution is 6.05. The number of benzene rings is 2. The lowest BCUT2D eigenvalue weighted by atomic mass is 10.1. The summed E-state index contributed by atoms with van der Waals surface area (Å²) < 4.78 is 19.0. The third-order valence-corrected chi connectivity index (χ3v) is 3.51. The lowest BCUT2D eigenvalue weighted by Crippen LogP contribution is -2.43. The minimum absolute atomic E-state index is 0.0855. The summed E-state index contributed by atoms with van der Waals surface area (Å²) in [5.41, 5.74) is 1.62. The second kappa shape index (κ2) is 6.08. The summed E-state index contributed by atoms with van der Waals surface area (Å²) in [4.78, 5) is 25.5. The summed E-state index contributed by atoms with van der Waals surface area (Å²) in [5, 5.41) is 2.47. The summed E-state index contributed by atoms with van der Waals surface area (Å²) >= 11 is 0. The third kappa shape index (κ3) is 3.15. The predicted octanol–water partition coefficient (Wildman–Crippen LogP) is 2.50. The summed E-state index contributed by atoms with van der Waals surface area (Å²) in [6.07, 6.45) is 0. The lowest BCUT2D eigenvalue weighted by molar-refractivity contribution is -0.123. The molecule has 3 rings (SSSR count). The van der Waals surface area contributed by atoms with E-state index < -0.39 is 11.7 Å². The fraction of sp³-hybridized carbons (Fsp3) is 0.176. The van der Waals surface area contributed by atoms with Gasteiger partial charge in [0.1, 0.15) is 18.1 Å². The van der Waals surface area contributed by atoms with Gasteiger partial charge in [0.15, 0.2) is 6.61 Å². The average Bonchev–Trinajstić information content (AvgIpc) is 2.52. The van der Waals surface area contributed by atoms with Gasteiger partial charge in [-0.1, -0.05) is 18.2 Å². The molecule has 0 unspecified atom stereocenters. The van der Waals surface area contributed by atoms with Crippen molar-refractivity contribution in [1.29, 1.82) is 0 Å². The fourth-order valence-electron chi connectivity index (χ4n) is 2.38. The van der Waals surface area contributed by atoms with Crippen LogP contribution in [0.2, 0.25) is 0 Å². The predicted molar refractivity (Wildman–Crippen MR) is 84.1 cm³/mol. The first-order valence-electron chi connectivity index (χ1n) is 7.13. The Bertz CT molecular complexity index is 776. The number of carbonyl (C=O) groups excluding carboxylic acids is 2. The number of halogens is 1. The molecule has 0 bridgehead atoms. The molecule has 0 fully saturated rings. The molecule has 2 aromatic carbocycles. The van der Waals surface area contributed by atoms with Gasteiger partial charge in [-0.05, 0) is 36.8 Å². The third-order valence-electron chi connectivity index (χ3n) is 3.51. The van der Waals surface area contributed by atoms with Crippen LogP contribution in [-0.4, -0.2) is 25.0 Å². The van der Waals surface area contributed by atoms with Crippen molar-refractivity contribution in [2.75, 3.05) is 23.4 Å². The van der Waals surface area contributed by atoms with Gasteiger partial charge in [-0.3, -0.25) is 14.5 Å². The largest absolute Gasteiger partial charge is 0.482 e. The van der Waals surface area contributed by atoms with Crippen molar-refractivity contribution in [2.45, 2.75) is 6.92 Å². The van der Waals surface area contributed by atoms with Crippen LogP contribution in [0.15, 0.2) is 42.5 Å². The number of anilines is 2. The topological polar surface area (TPSA) is 58.6 Å².